The van der Waals surface area contributed by atoms with Gasteiger partial charge >= 0.3 is 0 Å². The summed E-state index contributed by atoms with van der Waals surface area (Å²) in [5, 5.41) is 8.91. The molecule has 0 N–H and O–H groups in total. The van der Waals surface area contributed by atoms with E-state index in [-0.39, 0.29) is 17.1 Å². The molecule has 31 heavy (non-hydrogen) atoms. The third kappa shape index (κ3) is 3.96. The summed E-state index contributed by atoms with van der Waals surface area (Å²) in [6.07, 6.45) is 1.75. The highest BCUT2D eigenvalue weighted by Gasteiger charge is 2.25. The predicted molar refractivity (Wildman–Crippen MR) is 116 cm³/mol. The van der Waals surface area contributed by atoms with E-state index in [0.717, 1.165) is 24.6 Å². The van der Waals surface area contributed by atoms with Gasteiger partial charge in [0.1, 0.15) is 5.58 Å². The van der Waals surface area contributed by atoms with Gasteiger partial charge in [0.2, 0.25) is 0 Å². The molecule has 9 nitrogen and oxygen atoms in total. The van der Waals surface area contributed by atoms with Crippen molar-refractivity contribution < 1.29 is 13.9 Å². The van der Waals surface area contributed by atoms with E-state index >= 15 is 0 Å². The maximum atomic E-state index is 12.9. The maximum Gasteiger partial charge on any atom is 0.289 e. The molecule has 0 bridgehead atoms. The van der Waals surface area contributed by atoms with Crippen LogP contribution in [0.5, 0.6) is 0 Å². The van der Waals surface area contributed by atoms with E-state index in [2.05, 4.69) is 20.0 Å². The van der Waals surface area contributed by atoms with Crippen LogP contribution < -0.4 is 15.2 Å². The van der Waals surface area contributed by atoms with Crippen molar-refractivity contribution in [2.45, 2.75) is 0 Å². The molecule has 160 valence electrons. The van der Waals surface area contributed by atoms with Gasteiger partial charge in [-0.15, -0.1) is 5.10 Å². The van der Waals surface area contributed by atoms with Gasteiger partial charge in [0, 0.05) is 51.4 Å². The lowest BCUT2D eigenvalue weighted by Gasteiger charge is -2.36. The van der Waals surface area contributed by atoms with Crippen molar-refractivity contribution >= 4 is 28.4 Å². The molecule has 2 saturated heterocycles. The number of hydrogen-bond acceptors (Lipinski definition) is 8. The Morgan fingerprint density at radius 1 is 0.935 bits per heavy atom. The topological polar surface area (TPSA) is 92.0 Å². The number of amides is 1. The number of piperazine rings is 1. The zero-order valence-corrected chi connectivity index (χ0v) is 17.1. The molecule has 1 aromatic carbocycles. The molecular weight excluding hydrogens is 398 g/mol. The van der Waals surface area contributed by atoms with E-state index < -0.39 is 0 Å². The smallest absolute Gasteiger partial charge is 0.289 e. The summed E-state index contributed by atoms with van der Waals surface area (Å²) in [5.74, 6) is 0.666. The number of ether oxygens (including phenoxy) is 1. The molecule has 0 unspecified atom stereocenters. The number of carbonyl (C=O) groups is 1. The Morgan fingerprint density at radius 2 is 1.71 bits per heavy atom. The number of aromatic nitrogens is 2. The van der Waals surface area contributed by atoms with Gasteiger partial charge in [-0.25, -0.2) is 0 Å². The molecule has 4 heterocycles. The maximum absolute atomic E-state index is 12.9. The van der Waals surface area contributed by atoms with Gasteiger partial charge in [-0.1, -0.05) is 12.1 Å². The standard InChI is InChI=1S/C22H23N5O4/c28-18-14-20(31-19-4-2-1-3-17(18)19)22(29)27-7-5-25(6-8-27)16-13-21(24-23-15-16)26-9-11-30-12-10-26/h1-4,13-15H,5-12H2. The average molecular weight is 421 g/mol. The summed E-state index contributed by atoms with van der Waals surface area (Å²) >= 11 is 0. The van der Waals surface area contributed by atoms with Crippen LogP contribution in [0, 0.1) is 0 Å². The lowest BCUT2D eigenvalue weighted by molar-refractivity contribution is 0.0715. The Hall–Kier alpha value is -3.46. The Kier molecular flexibility index (Phi) is 5.25. The van der Waals surface area contributed by atoms with Gasteiger partial charge in [0.15, 0.2) is 17.0 Å². The third-order valence-electron chi connectivity index (χ3n) is 5.74. The molecule has 0 spiro atoms. The van der Waals surface area contributed by atoms with Gasteiger partial charge in [-0.3, -0.25) is 9.59 Å². The number of rotatable bonds is 3. The predicted octanol–water partition coefficient (Wildman–Crippen LogP) is 1.38. The lowest BCUT2D eigenvalue weighted by atomic mass is 10.2. The van der Waals surface area contributed by atoms with Crippen LogP contribution in [0.2, 0.25) is 0 Å². The van der Waals surface area contributed by atoms with Gasteiger partial charge in [-0.2, -0.15) is 5.10 Å². The minimum atomic E-state index is -0.260. The molecule has 2 aliphatic rings. The summed E-state index contributed by atoms with van der Waals surface area (Å²) in [6.45, 7) is 5.38. The first-order chi connectivity index (χ1) is 15.2. The van der Waals surface area contributed by atoms with E-state index in [9.17, 15) is 9.59 Å². The van der Waals surface area contributed by atoms with Gasteiger partial charge in [-0.05, 0) is 12.1 Å². The fraction of sp³-hybridized carbons (Fsp3) is 0.364. The van der Waals surface area contributed by atoms with Crippen molar-refractivity contribution in [2.24, 2.45) is 0 Å². The third-order valence-corrected chi connectivity index (χ3v) is 5.74. The number of morpholine rings is 1. The molecule has 9 heteroatoms. The van der Waals surface area contributed by atoms with Gasteiger partial charge in [0.25, 0.3) is 5.91 Å². The molecule has 2 fully saturated rings. The van der Waals surface area contributed by atoms with Crippen LogP contribution >= 0.6 is 0 Å². The molecule has 0 radical (unpaired) electrons. The zero-order valence-electron chi connectivity index (χ0n) is 17.1. The van der Waals surface area contributed by atoms with Crippen LogP contribution in [0.1, 0.15) is 10.6 Å². The van der Waals surface area contributed by atoms with Crippen LogP contribution in [0.15, 0.2) is 51.8 Å². The van der Waals surface area contributed by atoms with Crippen LogP contribution in [-0.4, -0.2) is 73.5 Å². The van der Waals surface area contributed by atoms with Gasteiger partial charge < -0.3 is 23.9 Å². The first-order valence-electron chi connectivity index (χ1n) is 10.4. The molecule has 5 rings (SSSR count). The second-order valence-corrected chi connectivity index (χ2v) is 7.62. The lowest BCUT2D eigenvalue weighted by Crippen LogP contribution is -2.49. The zero-order chi connectivity index (χ0) is 21.2. The summed E-state index contributed by atoms with van der Waals surface area (Å²) in [6, 6.07) is 10.3. The van der Waals surface area contributed by atoms with Crippen molar-refractivity contribution in [3.8, 4) is 0 Å². The van der Waals surface area contributed by atoms with E-state index in [1.165, 1.54) is 6.07 Å². The number of hydrogen-bond donors (Lipinski definition) is 0. The number of anilines is 2. The van der Waals surface area contributed by atoms with Crippen molar-refractivity contribution in [3.63, 3.8) is 0 Å². The Balaban J connectivity index is 1.27. The second-order valence-electron chi connectivity index (χ2n) is 7.62. The monoisotopic (exact) mass is 421 g/mol. The van der Waals surface area contributed by atoms with E-state index in [4.69, 9.17) is 9.15 Å². The van der Waals surface area contributed by atoms with Crippen LogP contribution in [0.25, 0.3) is 11.0 Å². The largest absolute Gasteiger partial charge is 0.451 e. The quantitative estimate of drug-likeness (QED) is 0.626. The summed E-state index contributed by atoms with van der Waals surface area (Å²) < 4.78 is 11.1. The number of benzene rings is 1. The van der Waals surface area contributed by atoms with Crippen molar-refractivity contribution in [2.75, 3.05) is 62.3 Å². The number of carbonyl (C=O) groups excluding carboxylic acids is 1. The highest BCUT2D eigenvalue weighted by molar-refractivity contribution is 5.93. The Labute approximate surface area is 178 Å². The number of nitrogens with zero attached hydrogens (tertiary/aromatic N) is 5. The molecule has 0 atom stereocenters. The molecule has 0 aliphatic carbocycles. The SMILES string of the molecule is O=C(c1cc(=O)c2ccccc2o1)N1CCN(c2cnnc(N3CCOCC3)c2)CC1. The molecule has 3 aromatic rings. The van der Waals surface area contributed by atoms with Crippen molar-refractivity contribution in [1.82, 2.24) is 15.1 Å². The van der Waals surface area contributed by atoms with E-state index in [0.29, 0.717) is 50.4 Å². The first kappa shape index (κ1) is 19.5. The Bertz CT molecular complexity index is 1150. The second kappa shape index (κ2) is 8.35. The van der Waals surface area contributed by atoms with Crippen LogP contribution in [0.4, 0.5) is 11.5 Å². The minimum absolute atomic E-state index is 0.0809. The highest BCUT2D eigenvalue weighted by Crippen LogP contribution is 2.22. The molecule has 0 saturated carbocycles. The minimum Gasteiger partial charge on any atom is -0.451 e. The van der Waals surface area contributed by atoms with Gasteiger partial charge in [0.05, 0.1) is 30.5 Å². The van der Waals surface area contributed by atoms with Crippen LogP contribution in [0.3, 0.4) is 0 Å². The highest BCUT2D eigenvalue weighted by atomic mass is 16.5. The number of para-hydroxylation sites is 1. The Morgan fingerprint density at radius 3 is 2.52 bits per heavy atom. The van der Waals surface area contributed by atoms with Crippen molar-refractivity contribution in [1.29, 1.82) is 0 Å². The summed E-state index contributed by atoms with van der Waals surface area (Å²) in [4.78, 5) is 31.3. The van der Waals surface area contributed by atoms with E-state index in [1.54, 1.807) is 35.4 Å². The molecule has 2 aliphatic heterocycles. The van der Waals surface area contributed by atoms with Crippen molar-refractivity contribution in [3.05, 3.63) is 58.6 Å². The number of fused-ring (bicyclic) bond motifs is 1. The molecule has 2 aromatic heterocycles. The summed E-state index contributed by atoms with van der Waals surface area (Å²) in [7, 11) is 0. The van der Waals surface area contributed by atoms with E-state index in [1.807, 2.05) is 6.07 Å². The first-order valence-corrected chi connectivity index (χ1v) is 10.4. The normalized spacial score (nSPS) is 17.2. The fourth-order valence-corrected chi connectivity index (χ4v) is 4.00. The van der Waals surface area contributed by atoms with Crippen LogP contribution in [-0.2, 0) is 4.74 Å². The average Bonchev–Trinajstić information content (AvgIpc) is 2.84. The fourth-order valence-electron chi connectivity index (χ4n) is 4.00. The molecular formula is C22H23N5O4. The summed E-state index contributed by atoms with van der Waals surface area (Å²) in [5.41, 5.74) is 1.21. The molecule has 1 amide bonds.